The molecule has 0 atom stereocenters. The lowest BCUT2D eigenvalue weighted by molar-refractivity contribution is 0.0977. The van der Waals surface area contributed by atoms with Gasteiger partial charge >= 0.3 is 0 Å². The van der Waals surface area contributed by atoms with Crippen LogP contribution in [0.3, 0.4) is 0 Å². The number of hydrogen-bond donors (Lipinski definition) is 2. The van der Waals surface area contributed by atoms with Gasteiger partial charge in [0.2, 0.25) is 0 Å². The number of benzene rings is 3. The second-order valence-corrected chi connectivity index (χ2v) is 10.9. The summed E-state index contributed by atoms with van der Waals surface area (Å²) in [6.45, 7) is -0.478. The van der Waals surface area contributed by atoms with Crippen LogP contribution in [0.1, 0.15) is 31.8 Å². The Hall–Kier alpha value is -2.46. The summed E-state index contributed by atoms with van der Waals surface area (Å²) in [6.07, 6.45) is 0. The summed E-state index contributed by atoms with van der Waals surface area (Å²) in [4.78, 5) is 27.5. The monoisotopic (exact) mass is 517 g/mol. The number of carbonyl (C=O) groups excluding carboxylic acids is 2. The maximum atomic E-state index is 13.3. The Balaban J connectivity index is 1.85. The van der Waals surface area contributed by atoms with Gasteiger partial charge in [0.15, 0.2) is 21.4 Å². The Bertz CT molecular complexity index is 1350. The molecule has 0 amide bonds. The number of halogens is 1. The molecule has 1 aliphatic rings. The van der Waals surface area contributed by atoms with Gasteiger partial charge in [0.25, 0.3) is 0 Å². The molecule has 4 rings (SSSR count). The molecular formula is C22H16BrNO5S2. The topological polar surface area (TPSA) is 115 Å². The van der Waals surface area contributed by atoms with Crippen LogP contribution >= 0.6 is 27.7 Å². The zero-order chi connectivity index (χ0) is 22.3. The molecule has 1 aliphatic carbocycles. The van der Waals surface area contributed by atoms with Gasteiger partial charge in [0.1, 0.15) is 0 Å². The first-order valence-corrected chi connectivity index (χ1v) is 12.4. The smallest absolute Gasteiger partial charge is 0.196 e. The third-order valence-corrected chi connectivity index (χ3v) is 8.28. The summed E-state index contributed by atoms with van der Waals surface area (Å²) < 4.78 is 25.1. The molecule has 3 aromatic rings. The van der Waals surface area contributed by atoms with Crippen LogP contribution < -0.4 is 5.73 Å². The molecule has 3 aromatic carbocycles. The van der Waals surface area contributed by atoms with Crippen molar-refractivity contribution in [1.29, 1.82) is 0 Å². The van der Waals surface area contributed by atoms with Gasteiger partial charge in [-0.1, -0.05) is 42.1 Å². The van der Waals surface area contributed by atoms with Crippen LogP contribution in [0.5, 0.6) is 0 Å². The normalized spacial score (nSPS) is 13.1. The number of anilines is 1. The highest BCUT2D eigenvalue weighted by Crippen LogP contribution is 2.42. The highest BCUT2D eigenvalue weighted by molar-refractivity contribution is 9.10. The molecule has 0 saturated carbocycles. The third kappa shape index (κ3) is 3.82. The van der Waals surface area contributed by atoms with E-state index in [0.717, 1.165) is 0 Å². The maximum absolute atomic E-state index is 13.3. The summed E-state index contributed by atoms with van der Waals surface area (Å²) >= 11 is 4.54. The molecule has 0 fully saturated rings. The van der Waals surface area contributed by atoms with Gasteiger partial charge in [-0.2, -0.15) is 0 Å². The number of aliphatic hydroxyl groups excluding tert-OH is 1. The number of hydrogen-bond acceptors (Lipinski definition) is 7. The van der Waals surface area contributed by atoms with E-state index >= 15 is 0 Å². The molecule has 0 radical (unpaired) electrons. The Kier molecular flexibility index (Phi) is 5.78. The second-order valence-electron chi connectivity index (χ2n) is 6.84. The van der Waals surface area contributed by atoms with E-state index in [1.54, 1.807) is 42.5 Å². The van der Waals surface area contributed by atoms with Crippen LogP contribution in [0, 0.1) is 0 Å². The fourth-order valence-electron chi connectivity index (χ4n) is 3.43. The van der Waals surface area contributed by atoms with Crippen LogP contribution in [0.15, 0.2) is 73.8 Å². The highest BCUT2D eigenvalue weighted by atomic mass is 79.9. The Morgan fingerprint density at radius 2 is 1.58 bits per heavy atom. The largest absolute Gasteiger partial charge is 0.397 e. The van der Waals surface area contributed by atoms with Gasteiger partial charge in [-0.25, -0.2) is 8.42 Å². The van der Waals surface area contributed by atoms with E-state index in [0.29, 0.717) is 25.4 Å². The van der Waals surface area contributed by atoms with E-state index in [-0.39, 0.29) is 39.0 Å². The van der Waals surface area contributed by atoms with E-state index in [9.17, 15) is 18.0 Å². The van der Waals surface area contributed by atoms with Crippen molar-refractivity contribution >= 4 is 54.8 Å². The van der Waals surface area contributed by atoms with Crippen molar-refractivity contribution in [3.63, 3.8) is 0 Å². The minimum Gasteiger partial charge on any atom is -0.397 e. The molecule has 0 bridgehead atoms. The maximum Gasteiger partial charge on any atom is 0.196 e. The minimum atomic E-state index is -3.63. The molecule has 3 N–H and O–H groups in total. The van der Waals surface area contributed by atoms with Gasteiger partial charge in [-0.15, -0.1) is 0 Å². The number of rotatable bonds is 5. The fraction of sp³-hybridized carbons (Fsp3) is 0.0909. The average Bonchev–Trinajstić information content (AvgIpc) is 2.74. The van der Waals surface area contributed by atoms with Crippen LogP contribution in [0.2, 0.25) is 0 Å². The van der Waals surface area contributed by atoms with Gasteiger partial charge in [0.05, 0.1) is 28.5 Å². The summed E-state index contributed by atoms with van der Waals surface area (Å²) in [6, 6.07) is 14.5. The van der Waals surface area contributed by atoms with E-state index in [2.05, 4.69) is 15.9 Å². The van der Waals surface area contributed by atoms with Crippen molar-refractivity contribution in [3.8, 4) is 0 Å². The fourth-order valence-corrected chi connectivity index (χ4v) is 6.21. The molecule has 9 heteroatoms. The Morgan fingerprint density at radius 1 is 0.935 bits per heavy atom. The molecule has 0 unspecified atom stereocenters. The number of nitrogens with two attached hydrogens (primary N) is 1. The van der Waals surface area contributed by atoms with Gasteiger partial charge in [0, 0.05) is 31.0 Å². The van der Waals surface area contributed by atoms with Crippen LogP contribution in [0.4, 0.5) is 5.69 Å². The van der Waals surface area contributed by atoms with Crippen LogP contribution in [-0.2, 0) is 9.84 Å². The van der Waals surface area contributed by atoms with E-state index in [4.69, 9.17) is 10.8 Å². The molecular weight excluding hydrogens is 502 g/mol. The average molecular weight is 518 g/mol. The molecule has 0 aliphatic heterocycles. The lowest BCUT2D eigenvalue weighted by atomic mass is 9.83. The second kappa shape index (κ2) is 8.23. The first kappa shape index (κ1) is 21.8. The number of aliphatic hydroxyl groups is 1. The standard InChI is InChI=1S/C22H16BrNO5S2/c23-16-11-17(30-12-4-3-5-13(10-12)31(28,29)9-8-25)18-19(20(16)24)22(27)15-7-2-1-6-14(15)21(18)26/h1-7,10-11,25H,8-9,24H2. The minimum absolute atomic E-state index is 0.0719. The third-order valence-electron chi connectivity index (χ3n) is 4.90. The molecule has 31 heavy (non-hydrogen) atoms. The van der Waals surface area contributed by atoms with Crippen molar-refractivity contribution < 1.29 is 23.1 Å². The molecule has 6 nitrogen and oxygen atoms in total. The summed E-state index contributed by atoms with van der Waals surface area (Å²) in [5, 5.41) is 9.02. The van der Waals surface area contributed by atoms with Crippen LogP contribution in [-0.4, -0.2) is 37.5 Å². The van der Waals surface area contributed by atoms with Crippen molar-refractivity contribution in [1.82, 2.24) is 0 Å². The number of ketones is 2. The first-order chi connectivity index (χ1) is 14.7. The van der Waals surface area contributed by atoms with Crippen LogP contribution in [0.25, 0.3) is 0 Å². The SMILES string of the molecule is Nc1c(Br)cc(Sc2cccc(S(=O)(=O)CCO)c2)c2c1C(=O)c1ccccc1C2=O. The molecule has 0 spiro atoms. The summed E-state index contributed by atoms with van der Waals surface area (Å²) in [5.41, 5.74) is 7.31. The predicted molar refractivity (Wildman–Crippen MR) is 122 cm³/mol. The van der Waals surface area contributed by atoms with E-state index < -0.39 is 16.4 Å². The lowest BCUT2D eigenvalue weighted by Crippen LogP contribution is -2.23. The number of nitrogen functional groups attached to an aromatic ring is 1. The van der Waals surface area contributed by atoms with E-state index in [1.165, 1.54) is 23.9 Å². The molecule has 0 saturated heterocycles. The number of carbonyl (C=O) groups is 2. The van der Waals surface area contributed by atoms with Crippen molar-refractivity contribution in [3.05, 3.63) is 81.3 Å². The summed E-state index contributed by atoms with van der Waals surface area (Å²) in [7, 11) is -3.63. The zero-order valence-corrected chi connectivity index (χ0v) is 19.2. The summed E-state index contributed by atoms with van der Waals surface area (Å²) in [5.74, 6) is -1.02. The van der Waals surface area contributed by atoms with Crippen molar-refractivity contribution in [2.45, 2.75) is 14.7 Å². The van der Waals surface area contributed by atoms with Gasteiger partial charge < -0.3 is 10.8 Å². The lowest BCUT2D eigenvalue weighted by Gasteiger charge is -2.22. The Morgan fingerprint density at radius 3 is 2.23 bits per heavy atom. The zero-order valence-electron chi connectivity index (χ0n) is 16.0. The Labute approximate surface area is 191 Å². The number of sulfone groups is 1. The molecule has 0 aromatic heterocycles. The first-order valence-electron chi connectivity index (χ1n) is 9.16. The van der Waals surface area contributed by atoms with E-state index in [1.807, 2.05) is 0 Å². The van der Waals surface area contributed by atoms with Gasteiger partial charge in [-0.05, 0) is 40.2 Å². The highest BCUT2D eigenvalue weighted by Gasteiger charge is 2.34. The predicted octanol–water partition coefficient (Wildman–Crippen LogP) is 3.72. The molecule has 0 heterocycles. The van der Waals surface area contributed by atoms with Crippen molar-refractivity contribution in [2.24, 2.45) is 0 Å². The van der Waals surface area contributed by atoms with Gasteiger partial charge in [-0.3, -0.25) is 9.59 Å². The van der Waals surface area contributed by atoms with Crippen molar-refractivity contribution in [2.75, 3.05) is 18.1 Å². The number of fused-ring (bicyclic) bond motifs is 2. The quantitative estimate of drug-likeness (QED) is 0.387. The molecule has 158 valence electrons.